The zero-order valence-electron chi connectivity index (χ0n) is 14.4. The maximum atomic E-state index is 11.6. The molecule has 23 heavy (non-hydrogen) atoms. The van der Waals surface area contributed by atoms with Gasteiger partial charge in [-0.15, -0.1) is 0 Å². The van der Waals surface area contributed by atoms with Crippen LogP contribution in [0.3, 0.4) is 0 Å². The molecule has 1 atom stereocenters. The average Bonchev–Trinajstić information content (AvgIpc) is 2.38. The first-order chi connectivity index (χ1) is 10.7. The Morgan fingerprint density at radius 1 is 1.39 bits per heavy atom. The molecule has 2 N–H and O–H groups in total. The summed E-state index contributed by atoms with van der Waals surface area (Å²) in [5.74, 6) is 0.581. The number of hydrogen-bond acceptors (Lipinski definition) is 3. The first kappa shape index (κ1) is 18.1. The summed E-state index contributed by atoms with van der Waals surface area (Å²) in [5, 5.41) is 7.15. The Balaban J connectivity index is 1.66. The highest BCUT2D eigenvalue weighted by Crippen LogP contribution is 2.37. The number of amides is 1. The Bertz CT molecular complexity index is 536. The lowest BCUT2D eigenvalue weighted by atomic mass is 9.75. The van der Waals surface area contributed by atoms with Gasteiger partial charge in [0.05, 0.1) is 0 Å². The second-order valence-corrected chi connectivity index (χ2v) is 7.81. The van der Waals surface area contributed by atoms with E-state index in [9.17, 15) is 4.79 Å². The van der Waals surface area contributed by atoms with Gasteiger partial charge >= 0.3 is 6.09 Å². The van der Waals surface area contributed by atoms with Crippen LogP contribution < -0.4 is 10.6 Å². The number of carbonyl (C=O) groups is 1. The molecule has 0 aliphatic heterocycles. The highest BCUT2D eigenvalue weighted by molar-refractivity contribution is 6.30. The summed E-state index contributed by atoms with van der Waals surface area (Å²) < 4.78 is 5.23. The van der Waals surface area contributed by atoms with Crippen LogP contribution in [0.25, 0.3) is 0 Å². The molecule has 0 radical (unpaired) electrons. The van der Waals surface area contributed by atoms with Crippen LogP contribution in [0.4, 0.5) is 4.79 Å². The Labute approximate surface area is 143 Å². The number of alkyl carbamates (subject to hydrolysis) is 1. The van der Waals surface area contributed by atoms with Crippen molar-refractivity contribution >= 4 is 17.7 Å². The first-order valence-electron chi connectivity index (χ1n) is 8.21. The van der Waals surface area contributed by atoms with Crippen molar-refractivity contribution in [2.24, 2.45) is 0 Å². The van der Waals surface area contributed by atoms with Gasteiger partial charge in [-0.1, -0.05) is 23.7 Å². The fraction of sp³-hybridized carbons (Fsp3) is 0.611. The minimum atomic E-state index is -0.459. The number of nitrogens with one attached hydrogen (secondary N) is 2. The molecular weight excluding hydrogens is 312 g/mol. The van der Waals surface area contributed by atoms with Crippen LogP contribution in [-0.2, 0) is 4.74 Å². The molecule has 128 valence electrons. The van der Waals surface area contributed by atoms with Crippen molar-refractivity contribution < 1.29 is 9.53 Å². The quantitative estimate of drug-likeness (QED) is 0.850. The zero-order chi connectivity index (χ0) is 17.0. The van der Waals surface area contributed by atoms with Gasteiger partial charge < -0.3 is 15.4 Å². The minimum absolute atomic E-state index is 0.216. The number of ether oxygens (including phenoxy) is 1. The van der Waals surface area contributed by atoms with Gasteiger partial charge in [0.1, 0.15) is 5.60 Å². The second kappa shape index (κ2) is 7.54. The molecule has 1 aliphatic rings. The third kappa shape index (κ3) is 6.04. The molecule has 0 heterocycles. The topological polar surface area (TPSA) is 50.4 Å². The van der Waals surface area contributed by atoms with Crippen molar-refractivity contribution in [1.29, 1.82) is 0 Å². The molecule has 4 nitrogen and oxygen atoms in total. The normalized spacial score (nSPS) is 22.1. The molecule has 1 unspecified atom stereocenters. The zero-order valence-corrected chi connectivity index (χ0v) is 15.1. The fourth-order valence-corrected chi connectivity index (χ4v) is 3.00. The van der Waals surface area contributed by atoms with E-state index in [0.29, 0.717) is 18.5 Å². The minimum Gasteiger partial charge on any atom is -0.444 e. The van der Waals surface area contributed by atoms with E-state index in [0.717, 1.165) is 17.9 Å². The lowest BCUT2D eigenvalue weighted by Crippen LogP contribution is -2.49. The molecule has 2 rings (SSSR count). The number of hydrogen-bond donors (Lipinski definition) is 2. The van der Waals surface area contributed by atoms with Gasteiger partial charge in [-0.2, -0.15) is 0 Å². The van der Waals surface area contributed by atoms with Crippen LogP contribution in [0.1, 0.15) is 52.0 Å². The summed E-state index contributed by atoms with van der Waals surface area (Å²) in [5.41, 5.74) is 0.855. The van der Waals surface area contributed by atoms with Gasteiger partial charge in [0.15, 0.2) is 0 Å². The average molecular weight is 339 g/mol. The van der Waals surface area contributed by atoms with Crippen LogP contribution in [-0.4, -0.2) is 30.3 Å². The fourth-order valence-electron chi connectivity index (χ4n) is 2.80. The predicted octanol–water partition coefficient (Wildman–Crippen LogP) is 4.09. The third-order valence-electron chi connectivity index (χ3n) is 3.93. The monoisotopic (exact) mass is 338 g/mol. The van der Waals surface area contributed by atoms with E-state index in [1.807, 2.05) is 32.9 Å². The smallest absolute Gasteiger partial charge is 0.407 e. The number of halogens is 1. The Morgan fingerprint density at radius 2 is 2.09 bits per heavy atom. The molecule has 5 heteroatoms. The maximum Gasteiger partial charge on any atom is 0.407 e. The molecule has 0 bridgehead atoms. The maximum absolute atomic E-state index is 11.6. The van der Waals surface area contributed by atoms with E-state index in [1.54, 1.807) is 0 Å². The van der Waals surface area contributed by atoms with E-state index < -0.39 is 5.60 Å². The van der Waals surface area contributed by atoms with Crippen molar-refractivity contribution in [1.82, 2.24) is 10.6 Å². The SMILES string of the molecule is CC(CNC(=O)OC(C)(C)C)NC1CC(c2cccc(Cl)c2)C1. The standard InChI is InChI=1S/C18H27ClN2O2/c1-12(11-20-17(22)23-18(2,3)4)21-16-9-14(10-16)13-6-5-7-15(19)8-13/h5-8,12,14,16,21H,9-11H2,1-4H3,(H,20,22). The number of rotatable bonds is 5. The van der Waals surface area contributed by atoms with Gasteiger partial charge in [0, 0.05) is 23.7 Å². The van der Waals surface area contributed by atoms with Crippen LogP contribution in [0.15, 0.2) is 24.3 Å². The van der Waals surface area contributed by atoms with Gasteiger partial charge in [-0.25, -0.2) is 4.79 Å². The molecule has 1 aromatic carbocycles. The van der Waals surface area contributed by atoms with Crippen LogP contribution in [0.5, 0.6) is 0 Å². The highest BCUT2D eigenvalue weighted by atomic mass is 35.5. The Morgan fingerprint density at radius 3 is 2.70 bits per heavy atom. The lowest BCUT2D eigenvalue weighted by molar-refractivity contribution is 0.0521. The van der Waals surface area contributed by atoms with Crippen LogP contribution >= 0.6 is 11.6 Å². The van der Waals surface area contributed by atoms with Crippen molar-refractivity contribution in [3.63, 3.8) is 0 Å². The number of carbonyl (C=O) groups excluding carboxylic acids is 1. The number of benzene rings is 1. The highest BCUT2D eigenvalue weighted by Gasteiger charge is 2.31. The Hall–Kier alpha value is -1.26. The Kier molecular flexibility index (Phi) is 5.93. The summed E-state index contributed by atoms with van der Waals surface area (Å²) in [6.07, 6.45) is 1.85. The molecule has 1 fully saturated rings. The molecule has 1 amide bonds. The van der Waals surface area contributed by atoms with E-state index in [1.165, 1.54) is 5.56 Å². The lowest BCUT2D eigenvalue weighted by Gasteiger charge is -2.38. The van der Waals surface area contributed by atoms with Crippen molar-refractivity contribution in [2.75, 3.05) is 6.54 Å². The van der Waals surface area contributed by atoms with Gasteiger partial charge in [0.25, 0.3) is 0 Å². The van der Waals surface area contributed by atoms with E-state index >= 15 is 0 Å². The van der Waals surface area contributed by atoms with Gasteiger partial charge in [-0.05, 0) is 64.2 Å². The van der Waals surface area contributed by atoms with Gasteiger partial charge in [-0.3, -0.25) is 0 Å². The summed E-state index contributed by atoms with van der Waals surface area (Å²) in [6, 6.07) is 8.81. The van der Waals surface area contributed by atoms with Crippen molar-refractivity contribution in [3.05, 3.63) is 34.9 Å². The third-order valence-corrected chi connectivity index (χ3v) is 4.16. The van der Waals surface area contributed by atoms with E-state index in [2.05, 4.69) is 29.7 Å². The van der Waals surface area contributed by atoms with Crippen LogP contribution in [0.2, 0.25) is 5.02 Å². The summed E-state index contributed by atoms with van der Waals surface area (Å²) >= 11 is 6.04. The summed E-state index contributed by atoms with van der Waals surface area (Å²) in [6.45, 7) is 8.22. The predicted molar refractivity (Wildman–Crippen MR) is 94.0 cm³/mol. The molecule has 1 saturated carbocycles. The van der Waals surface area contributed by atoms with Gasteiger partial charge in [0.2, 0.25) is 0 Å². The van der Waals surface area contributed by atoms with E-state index in [-0.39, 0.29) is 12.1 Å². The molecule has 0 aromatic heterocycles. The second-order valence-electron chi connectivity index (χ2n) is 7.37. The van der Waals surface area contributed by atoms with Crippen LogP contribution in [0, 0.1) is 0 Å². The molecule has 1 aliphatic carbocycles. The molecular formula is C18H27ClN2O2. The summed E-state index contributed by atoms with van der Waals surface area (Å²) in [4.78, 5) is 11.6. The molecule has 1 aromatic rings. The largest absolute Gasteiger partial charge is 0.444 e. The van der Waals surface area contributed by atoms with Crippen molar-refractivity contribution in [3.8, 4) is 0 Å². The van der Waals surface area contributed by atoms with Crippen molar-refractivity contribution in [2.45, 2.75) is 64.1 Å². The van der Waals surface area contributed by atoms with E-state index in [4.69, 9.17) is 16.3 Å². The first-order valence-corrected chi connectivity index (χ1v) is 8.59. The molecule has 0 spiro atoms. The molecule has 0 saturated heterocycles. The summed E-state index contributed by atoms with van der Waals surface area (Å²) in [7, 11) is 0.